The molecule has 0 spiro atoms. The van der Waals surface area contributed by atoms with Crippen molar-refractivity contribution in [2.24, 2.45) is 0 Å². The fourth-order valence-corrected chi connectivity index (χ4v) is 3.59. The van der Waals surface area contributed by atoms with Gasteiger partial charge >= 0.3 is 0 Å². The van der Waals surface area contributed by atoms with Gasteiger partial charge in [-0.1, -0.05) is 6.92 Å². The monoisotopic (exact) mass is 360 g/mol. The number of nitrogens with zero attached hydrogens (tertiary/aromatic N) is 3. The molecule has 7 heteroatoms. The molecular weight excluding hydrogens is 339 g/mol. The number of hydrogen-bond donors (Lipinski definition) is 2. The number of halogens is 1. The summed E-state index contributed by atoms with van der Waals surface area (Å²) in [6.45, 7) is 4.73. The van der Waals surface area contributed by atoms with E-state index in [1.165, 1.54) is 30.6 Å². The second-order valence-electron chi connectivity index (χ2n) is 6.21. The number of hydrogen-bond acceptors (Lipinski definition) is 5. The van der Waals surface area contributed by atoms with Gasteiger partial charge < -0.3 is 0 Å². The Kier molecular flexibility index (Phi) is 5.34. The van der Waals surface area contributed by atoms with Gasteiger partial charge in [0.05, 0.1) is 16.9 Å². The van der Waals surface area contributed by atoms with E-state index in [4.69, 9.17) is 5.41 Å². The van der Waals surface area contributed by atoms with E-state index in [9.17, 15) is 9.18 Å². The highest BCUT2D eigenvalue weighted by Crippen LogP contribution is 2.18. The van der Waals surface area contributed by atoms with Crippen LogP contribution in [0.1, 0.15) is 31.0 Å². The summed E-state index contributed by atoms with van der Waals surface area (Å²) in [7, 11) is 0. The molecule has 3 rings (SSSR count). The van der Waals surface area contributed by atoms with Gasteiger partial charge in [0, 0.05) is 18.2 Å². The first-order chi connectivity index (χ1) is 12.0. The highest BCUT2D eigenvalue weighted by molar-refractivity contribution is 7.80. The third-order valence-electron chi connectivity index (χ3n) is 4.70. The number of rotatable bonds is 5. The molecule has 1 aromatic heterocycles. The average Bonchev–Trinajstić information content (AvgIpc) is 3.06. The second-order valence-corrected chi connectivity index (χ2v) is 6.65. The van der Waals surface area contributed by atoms with E-state index in [2.05, 4.69) is 29.4 Å². The summed E-state index contributed by atoms with van der Waals surface area (Å²) >= 11 is 4.31. The van der Waals surface area contributed by atoms with Gasteiger partial charge in [-0.15, -0.1) is 12.6 Å². The molecule has 1 aliphatic rings. The fraction of sp³-hybridized carbons (Fsp3) is 0.389. The van der Waals surface area contributed by atoms with Gasteiger partial charge in [-0.05, 0) is 50.2 Å². The SMILES string of the molecule is CCN1CCCC1Cn1cnc(C(=N)c2ccc(F)cc2)c(S)c1=O. The Balaban J connectivity index is 1.86. The fourth-order valence-electron chi connectivity index (χ4n) is 3.29. The molecule has 1 atom stereocenters. The van der Waals surface area contributed by atoms with Crippen LogP contribution < -0.4 is 5.56 Å². The number of likely N-dealkylation sites (tertiary alicyclic amines) is 1. The number of nitrogens with one attached hydrogen (secondary N) is 1. The lowest BCUT2D eigenvalue weighted by atomic mass is 10.1. The van der Waals surface area contributed by atoms with Crippen LogP contribution in [0.25, 0.3) is 0 Å². The Bertz CT molecular complexity index is 834. The third kappa shape index (κ3) is 3.67. The van der Waals surface area contributed by atoms with Crippen molar-refractivity contribution < 1.29 is 4.39 Å². The Labute approximate surface area is 151 Å². The van der Waals surface area contributed by atoms with Crippen LogP contribution in [-0.4, -0.2) is 39.3 Å². The van der Waals surface area contributed by atoms with Crippen LogP contribution in [-0.2, 0) is 6.54 Å². The molecule has 1 unspecified atom stereocenters. The minimum absolute atomic E-state index is 0.0605. The van der Waals surface area contributed by atoms with Crippen LogP contribution in [0.2, 0.25) is 0 Å². The van der Waals surface area contributed by atoms with Crippen LogP contribution in [0.4, 0.5) is 4.39 Å². The number of likely N-dealkylation sites (N-methyl/N-ethyl adjacent to an activating group) is 1. The summed E-state index contributed by atoms with van der Waals surface area (Å²) in [6.07, 6.45) is 3.69. The molecule has 2 aromatic rings. The summed E-state index contributed by atoms with van der Waals surface area (Å²) in [5.41, 5.74) is 0.526. The zero-order chi connectivity index (χ0) is 18.0. The van der Waals surface area contributed by atoms with E-state index in [1.54, 1.807) is 4.57 Å². The van der Waals surface area contributed by atoms with Crippen LogP contribution in [0.15, 0.2) is 40.3 Å². The van der Waals surface area contributed by atoms with E-state index in [0.717, 1.165) is 25.9 Å². The number of aromatic nitrogens is 2. The van der Waals surface area contributed by atoms with E-state index in [1.807, 2.05) is 0 Å². The molecule has 1 N–H and O–H groups in total. The van der Waals surface area contributed by atoms with Gasteiger partial charge in [0.1, 0.15) is 11.5 Å². The number of thiol groups is 1. The lowest BCUT2D eigenvalue weighted by Crippen LogP contribution is -2.36. The first-order valence-corrected chi connectivity index (χ1v) is 8.83. The van der Waals surface area contributed by atoms with Crippen molar-refractivity contribution in [1.29, 1.82) is 5.41 Å². The Morgan fingerprint density at radius 1 is 1.40 bits per heavy atom. The Hall–Kier alpha value is -1.99. The van der Waals surface area contributed by atoms with Crippen molar-refractivity contribution in [2.45, 2.75) is 37.2 Å². The molecule has 25 heavy (non-hydrogen) atoms. The molecule has 1 aromatic carbocycles. The summed E-state index contributed by atoms with van der Waals surface area (Å²) in [6, 6.07) is 5.89. The molecule has 132 valence electrons. The molecule has 0 bridgehead atoms. The third-order valence-corrected chi connectivity index (χ3v) is 5.10. The van der Waals surface area contributed by atoms with Crippen LogP contribution in [0.3, 0.4) is 0 Å². The topological polar surface area (TPSA) is 62.0 Å². The van der Waals surface area contributed by atoms with Gasteiger partial charge in [-0.2, -0.15) is 0 Å². The summed E-state index contributed by atoms with van der Waals surface area (Å²) in [5, 5.41) is 8.24. The van der Waals surface area contributed by atoms with Gasteiger partial charge in [0.2, 0.25) is 0 Å². The molecule has 1 saturated heterocycles. The molecule has 5 nitrogen and oxygen atoms in total. The molecule has 0 radical (unpaired) electrons. The predicted octanol–water partition coefficient (Wildman–Crippen LogP) is 2.57. The molecular formula is C18H21FN4OS. The predicted molar refractivity (Wildman–Crippen MR) is 98.3 cm³/mol. The van der Waals surface area contributed by atoms with Gasteiger partial charge in [0.25, 0.3) is 5.56 Å². The van der Waals surface area contributed by atoms with Crippen LogP contribution in [0.5, 0.6) is 0 Å². The molecule has 0 aliphatic carbocycles. The van der Waals surface area contributed by atoms with Crippen molar-refractivity contribution in [3.63, 3.8) is 0 Å². The molecule has 1 aliphatic heterocycles. The lowest BCUT2D eigenvalue weighted by molar-refractivity contribution is 0.241. The number of benzene rings is 1. The smallest absolute Gasteiger partial charge is 0.267 e. The van der Waals surface area contributed by atoms with E-state index < -0.39 is 0 Å². The van der Waals surface area contributed by atoms with Gasteiger partial charge in [-0.3, -0.25) is 19.7 Å². The summed E-state index contributed by atoms with van der Waals surface area (Å²) in [5.74, 6) is -0.372. The second kappa shape index (κ2) is 7.49. The Morgan fingerprint density at radius 2 is 2.12 bits per heavy atom. The molecule has 2 heterocycles. The van der Waals surface area contributed by atoms with Crippen LogP contribution in [0, 0.1) is 11.2 Å². The van der Waals surface area contributed by atoms with Gasteiger partial charge in [-0.25, -0.2) is 9.37 Å². The normalized spacial score (nSPS) is 17.8. The van der Waals surface area contributed by atoms with E-state index >= 15 is 0 Å². The highest BCUT2D eigenvalue weighted by atomic mass is 32.1. The quantitative estimate of drug-likeness (QED) is 0.636. The van der Waals surface area contributed by atoms with Crippen molar-refractivity contribution in [2.75, 3.05) is 13.1 Å². The lowest BCUT2D eigenvalue weighted by Gasteiger charge is -2.23. The standard InChI is InChI=1S/C18H21FN4OS/c1-2-22-9-3-4-14(22)10-23-11-21-16(17(25)18(23)24)15(20)12-5-7-13(19)8-6-12/h5-8,11,14,20,25H,2-4,9-10H2,1H3. The zero-order valence-corrected chi connectivity index (χ0v) is 15.0. The van der Waals surface area contributed by atoms with Gasteiger partial charge in [0.15, 0.2) is 0 Å². The maximum Gasteiger partial charge on any atom is 0.267 e. The maximum atomic E-state index is 13.0. The molecule has 1 fully saturated rings. The first-order valence-electron chi connectivity index (χ1n) is 8.38. The van der Waals surface area contributed by atoms with E-state index in [0.29, 0.717) is 18.2 Å². The van der Waals surface area contributed by atoms with Crippen molar-refractivity contribution in [3.8, 4) is 0 Å². The largest absolute Gasteiger partial charge is 0.299 e. The van der Waals surface area contributed by atoms with Crippen LogP contribution >= 0.6 is 12.6 Å². The zero-order valence-electron chi connectivity index (χ0n) is 14.1. The van der Waals surface area contributed by atoms with E-state index in [-0.39, 0.29) is 27.7 Å². The molecule has 0 amide bonds. The van der Waals surface area contributed by atoms with Crippen molar-refractivity contribution in [1.82, 2.24) is 14.5 Å². The highest BCUT2D eigenvalue weighted by Gasteiger charge is 2.24. The minimum Gasteiger partial charge on any atom is -0.299 e. The minimum atomic E-state index is -0.372. The maximum absolute atomic E-state index is 13.0. The van der Waals surface area contributed by atoms with Crippen molar-refractivity contribution >= 4 is 18.3 Å². The van der Waals surface area contributed by atoms with Crippen molar-refractivity contribution in [3.05, 3.63) is 58.0 Å². The molecule has 0 saturated carbocycles. The Morgan fingerprint density at radius 3 is 2.80 bits per heavy atom. The first kappa shape index (κ1) is 17.8. The summed E-state index contributed by atoms with van der Waals surface area (Å²) in [4.78, 5) is 19.4. The average molecular weight is 360 g/mol. The summed E-state index contributed by atoms with van der Waals surface area (Å²) < 4.78 is 14.6.